The van der Waals surface area contributed by atoms with Gasteiger partial charge in [-0.2, -0.15) is 5.10 Å². The quantitative estimate of drug-likeness (QED) is 0.804. The normalized spacial score (nSPS) is 22.3. The fraction of sp³-hybridized carbons (Fsp3) is 0.476. The lowest BCUT2D eigenvalue weighted by molar-refractivity contribution is -0.135. The lowest BCUT2D eigenvalue weighted by atomic mass is 10.1. The maximum Gasteiger partial charge on any atom is 0.244 e. The fourth-order valence-electron chi connectivity index (χ4n) is 4.10. The minimum absolute atomic E-state index is 0.00924. The number of hydrogen-bond donors (Lipinski definition) is 0. The second-order valence-corrected chi connectivity index (χ2v) is 7.62. The van der Waals surface area contributed by atoms with Crippen LogP contribution in [-0.2, 0) is 27.4 Å². The number of hydrogen-bond acceptors (Lipinski definition) is 4. The molecular formula is C21H26N4O3. The molecule has 4 rings (SSSR count). The fourth-order valence-corrected chi connectivity index (χ4v) is 4.10. The molecule has 7 nitrogen and oxygen atoms in total. The van der Waals surface area contributed by atoms with Gasteiger partial charge in [-0.3, -0.25) is 14.3 Å². The van der Waals surface area contributed by atoms with E-state index in [1.54, 1.807) is 4.68 Å². The van der Waals surface area contributed by atoms with Crippen LogP contribution in [0.15, 0.2) is 36.4 Å². The average Bonchev–Trinajstić information content (AvgIpc) is 3.19. The van der Waals surface area contributed by atoms with Crippen molar-refractivity contribution >= 4 is 11.8 Å². The van der Waals surface area contributed by atoms with Crippen LogP contribution in [0.25, 0.3) is 0 Å². The summed E-state index contributed by atoms with van der Waals surface area (Å²) in [5.41, 5.74) is 2.96. The van der Waals surface area contributed by atoms with Crippen LogP contribution in [0.4, 0.5) is 0 Å². The summed E-state index contributed by atoms with van der Waals surface area (Å²) in [7, 11) is 0. The molecule has 2 aliphatic rings. The SMILES string of the molecule is Cc1cc(C)n(CC(=O)N2C[C@@H]3OCCC(=O)N(Cc4ccccc4)[C@H]3C2)n1. The van der Waals surface area contributed by atoms with Crippen LogP contribution in [0.5, 0.6) is 0 Å². The second kappa shape index (κ2) is 7.75. The summed E-state index contributed by atoms with van der Waals surface area (Å²) < 4.78 is 7.68. The Morgan fingerprint density at radius 3 is 2.71 bits per heavy atom. The number of aromatic nitrogens is 2. The molecule has 3 heterocycles. The highest BCUT2D eigenvalue weighted by Gasteiger charge is 2.42. The summed E-state index contributed by atoms with van der Waals surface area (Å²) in [5.74, 6) is 0.0965. The Balaban J connectivity index is 1.49. The van der Waals surface area contributed by atoms with Gasteiger partial charge in [-0.25, -0.2) is 0 Å². The number of benzene rings is 1. The van der Waals surface area contributed by atoms with E-state index in [1.165, 1.54) is 0 Å². The van der Waals surface area contributed by atoms with Gasteiger partial charge in [0, 0.05) is 25.3 Å². The van der Waals surface area contributed by atoms with Crippen molar-refractivity contribution in [2.24, 2.45) is 0 Å². The lowest BCUT2D eigenvalue weighted by Crippen LogP contribution is -2.45. The monoisotopic (exact) mass is 382 g/mol. The molecule has 2 amide bonds. The van der Waals surface area contributed by atoms with Crippen LogP contribution in [-0.4, -0.2) is 63.2 Å². The van der Waals surface area contributed by atoms with E-state index in [4.69, 9.17) is 4.74 Å². The molecule has 0 radical (unpaired) electrons. The number of ether oxygens (including phenoxy) is 1. The Morgan fingerprint density at radius 2 is 2.00 bits per heavy atom. The van der Waals surface area contributed by atoms with Crippen molar-refractivity contribution in [3.63, 3.8) is 0 Å². The van der Waals surface area contributed by atoms with E-state index >= 15 is 0 Å². The molecule has 7 heteroatoms. The first-order valence-electron chi connectivity index (χ1n) is 9.75. The predicted molar refractivity (Wildman–Crippen MR) is 103 cm³/mol. The molecule has 0 unspecified atom stereocenters. The Hall–Kier alpha value is -2.67. The van der Waals surface area contributed by atoms with Crippen LogP contribution in [0.1, 0.15) is 23.4 Å². The van der Waals surface area contributed by atoms with Gasteiger partial charge in [-0.1, -0.05) is 30.3 Å². The van der Waals surface area contributed by atoms with Crippen LogP contribution in [0.2, 0.25) is 0 Å². The Labute approximate surface area is 164 Å². The molecule has 0 spiro atoms. The molecular weight excluding hydrogens is 356 g/mol. The minimum atomic E-state index is -0.139. The highest BCUT2D eigenvalue weighted by Crippen LogP contribution is 2.25. The number of amides is 2. The molecule has 28 heavy (non-hydrogen) atoms. The zero-order valence-corrected chi connectivity index (χ0v) is 16.4. The molecule has 1 aromatic heterocycles. The van der Waals surface area contributed by atoms with E-state index in [-0.39, 0.29) is 30.5 Å². The number of likely N-dealkylation sites (tertiary alicyclic amines) is 1. The van der Waals surface area contributed by atoms with E-state index in [1.807, 2.05) is 60.0 Å². The van der Waals surface area contributed by atoms with E-state index in [2.05, 4.69) is 5.10 Å². The number of carbonyl (C=O) groups is 2. The molecule has 0 aliphatic carbocycles. The van der Waals surface area contributed by atoms with E-state index in [0.29, 0.717) is 32.7 Å². The molecule has 0 saturated carbocycles. The van der Waals surface area contributed by atoms with Crippen molar-refractivity contribution in [1.82, 2.24) is 19.6 Å². The van der Waals surface area contributed by atoms with Gasteiger partial charge in [0.2, 0.25) is 11.8 Å². The number of aryl methyl sites for hydroxylation is 2. The first-order chi connectivity index (χ1) is 13.5. The average molecular weight is 382 g/mol. The third-order valence-electron chi connectivity index (χ3n) is 5.54. The third kappa shape index (κ3) is 3.80. The van der Waals surface area contributed by atoms with Gasteiger partial charge in [0.05, 0.1) is 30.9 Å². The molecule has 1 aromatic carbocycles. The van der Waals surface area contributed by atoms with Gasteiger partial charge in [0.15, 0.2) is 0 Å². The molecule has 2 aliphatic heterocycles. The topological polar surface area (TPSA) is 67.7 Å². The molecule has 2 aromatic rings. The predicted octanol–water partition coefficient (Wildman–Crippen LogP) is 1.53. The number of fused-ring (bicyclic) bond motifs is 1. The van der Waals surface area contributed by atoms with Gasteiger partial charge < -0.3 is 14.5 Å². The summed E-state index contributed by atoms with van der Waals surface area (Å²) in [6.45, 7) is 6.05. The molecule has 0 bridgehead atoms. The van der Waals surface area contributed by atoms with Gasteiger partial charge >= 0.3 is 0 Å². The maximum absolute atomic E-state index is 12.9. The van der Waals surface area contributed by atoms with Crippen LogP contribution < -0.4 is 0 Å². The van der Waals surface area contributed by atoms with Gasteiger partial charge in [0.1, 0.15) is 6.54 Å². The largest absolute Gasteiger partial charge is 0.374 e. The second-order valence-electron chi connectivity index (χ2n) is 7.62. The number of rotatable bonds is 4. The van der Waals surface area contributed by atoms with Gasteiger partial charge in [0.25, 0.3) is 0 Å². The number of carbonyl (C=O) groups excluding carboxylic acids is 2. The summed E-state index contributed by atoms with van der Waals surface area (Å²) in [4.78, 5) is 29.3. The Morgan fingerprint density at radius 1 is 1.21 bits per heavy atom. The Bertz CT molecular complexity index is 864. The smallest absolute Gasteiger partial charge is 0.244 e. The van der Waals surface area contributed by atoms with E-state index in [9.17, 15) is 9.59 Å². The summed E-state index contributed by atoms with van der Waals surface area (Å²) in [6.07, 6.45) is 0.249. The maximum atomic E-state index is 12.9. The van der Waals surface area contributed by atoms with E-state index in [0.717, 1.165) is 17.0 Å². The van der Waals surface area contributed by atoms with Crippen molar-refractivity contribution in [3.05, 3.63) is 53.3 Å². The van der Waals surface area contributed by atoms with Gasteiger partial charge in [-0.05, 0) is 25.5 Å². The summed E-state index contributed by atoms with van der Waals surface area (Å²) >= 11 is 0. The minimum Gasteiger partial charge on any atom is -0.374 e. The summed E-state index contributed by atoms with van der Waals surface area (Å²) in [6, 6.07) is 11.8. The first kappa shape index (κ1) is 18.7. The van der Waals surface area contributed by atoms with Crippen LogP contribution >= 0.6 is 0 Å². The van der Waals surface area contributed by atoms with Crippen LogP contribution in [0.3, 0.4) is 0 Å². The van der Waals surface area contributed by atoms with Crippen molar-refractivity contribution in [1.29, 1.82) is 0 Å². The molecule has 0 N–H and O–H groups in total. The van der Waals surface area contributed by atoms with Crippen molar-refractivity contribution in [2.45, 2.75) is 45.5 Å². The zero-order chi connectivity index (χ0) is 19.7. The zero-order valence-electron chi connectivity index (χ0n) is 16.4. The van der Waals surface area contributed by atoms with E-state index < -0.39 is 0 Å². The van der Waals surface area contributed by atoms with Crippen molar-refractivity contribution < 1.29 is 14.3 Å². The van der Waals surface area contributed by atoms with Gasteiger partial charge in [-0.15, -0.1) is 0 Å². The Kier molecular flexibility index (Phi) is 5.17. The molecule has 2 saturated heterocycles. The summed E-state index contributed by atoms with van der Waals surface area (Å²) in [5, 5.41) is 4.38. The highest BCUT2D eigenvalue weighted by atomic mass is 16.5. The highest BCUT2D eigenvalue weighted by molar-refractivity contribution is 5.79. The lowest BCUT2D eigenvalue weighted by Gasteiger charge is -2.29. The first-order valence-corrected chi connectivity index (χ1v) is 9.75. The molecule has 2 atom stereocenters. The van der Waals surface area contributed by atoms with Crippen molar-refractivity contribution in [3.8, 4) is 0 Å². The number of nitrogens with zero attached hydrogens (tertiary/aromatic N) is 4. The molecule has 148 valence electrons. The van der Waals surface area contributed by atoms with Crippen LogP contribution in [0, 0.1) is 13.8 Å². The van der Waals surface area contributed by atoms with Crippen molar-refractivity contribution in [2.75, 3.05) is 19.7 Å². The standard InChI is InChI=1S/C21H26N4O3/c1-15-10-16(2)25(22-15)14-21(27)23-12-18-19(13-23)28-9-8-20(26)24(18)11-17-6-4-3-5-7-17/h3-7,10,18-19H,8-9,11-14H2,1-2H3/t18-,19-/m0/s1. The molecule has 2 fully saturated rings. The third-order valence-corrected chi connectivity index (χ3v) is 5.54.